The lowest BCUT2D eigenvalue weighted by molar-refractivity contribution is 0.475. The summed E-state index contributed by atoms with van der Waals surface area (Å²) in [6.07, 6.45) is 8.65. The molecule has 0 radical (unpaired) electrons. The Labute approximate surface area is 85.8 Å². The van der Waals surface area contributed by atoms with Crippen molar-refractivity contribution < 1.29 is 5.11 Å². The van der Waals surface area contributed by atoms with Gasteiger partial charge in [-0.15, -0.1) is 0 Å². The van der Waals surface area contributed by atoms with E-state index in [4.69, 9.17) is 5.11 Å². The van der Waals surface area contributed by atoms with E-state index in [1.54, 1.807) is 12.1 Å². The largest absolute Gasteiger partial charge is 0.508 e. The highest BCUT2D eigenvalue weighted by Gasteiger charge is 2.22. The van der Waals surface area contributed by atoms with E-state index in [0.717, 1.165) is 5.92 Å². The number of phenolic OH excluding ortho intramolecular Hbond substituents is 1. The van der Waals surface area contributed by atoms with Crippen LogP contribution < -0.4 is 0 Å². The van der Waals surface area contributed by atoms with Crippen LogP contribution in [-0.2, 0) is 0 Å². The first-order valence-electron chi connectivity index (χ1n) is 5.65. The van der Waals surface area contributed by atoms with Crippen LogP contribution in [0.25, 0.3) is 0 Å². The molecule has 76 valence electrons. The molecule has 0 aromatic heterocycles. The average molecular weight is 190 g/mol. The Morgan fingerprint density at radius 1 is 0.857 bits per heavy atom. The molecule has 2 fully saturated rings. The SMILES string of the molecule is C1CCC1.Oc1ccc(C2CC2)cc1. The summed E-state index contributed by atoms with van der Waals surface area (Å²) in [5.41, 5.74) is 1.37. The highest BCUT2D eigenvalue weighted by Crippen LogP contribution is 2.40. The Morgan fingerprint density at radius 2 is 1.36 bits per heavy atom. The minimum Gasteiger partial charge on any atom is -0.508 e. The smallest absolute Gasteiger partial charge is 0.115 e. The Hall–Kier alpha value is -0.980. The molecule has 1 aromatic rings. The van der Waals surface area contributed by atoms with Crippen molar-refractivity contribution in [1.82, 2.24) is 0 Å². The molecule has 0 bridgehead atoms. The van der Waals surface area contributed by atoms with Crippen molar-refractivity contribution in [3.63, 3.8) is 0 Å². The number of benzene rings is 1. The Morgan fingerprint density at radius 3 is 1.71 bits per heavy atom. The summed E-state index contributed by atoms with van der Waals surface area (Å²) in [7, 11) is 0. The van der Waals surface area contributed by atoms with Crippen LogP contribution in [0.4, 0.5) is 0 Å². The fourth-order valence-corrected chi connectivity index (χ4v) is 1.41. The lowest BCUT2D eigenvalue weighted by atomic mass is 10.0. The van der Waals surface area contributed by atoms with Crippen LogP contribution in [0.3, 0.4) is 0 Å². The van der Waals surface area contributed by atoms with E-state index in [2.05, 4.69) is 0 Å². The molecule has 0 amide bonds. The lowest BCUT2D eigenvalue weighted by Crippen LogP contribution is -1.85. The van der Waals surface area contributed by atoms with E-state index in [9.17, 15) is 0 Å². The van der Waals surface area contributed by atoms with Gasteiger partial charge in [-0.05, 0) is 36.5 Å². The molecule has 1 aromatic carbocycles. The van der Waals surface area contributed by atoms with Gasteiger partial charge in [0.2, 0.25) is 0 Å². The van der Waals surface area contributed by atoms with E-state index in [0.29, 0.717) is 5.75 Å². The topological polar surface area (TPSA) is 20.2 Å². The molecule has 1 nitrogen and oxygen atoms in total. The normalized spacial score (nSPS) is 19.1. The number of hydrogen-bond donors (Lipinski definition) is 1. The second kappa shape index (κ2) is 4.50. The molecule has 0 saturated heterocycles. The van der Waals surface area contributed by atoms with E-state index < -0.39 is 0 Å². The van der Waals surface area contributed by atoms with Crippen molar-refractivity contribution in [3.05, 3.63) is 29.8 Å². The molecular formula is C13H18O. The van der Waals surface area contributed by atoms with Crippen LogP contribution in [0, 0.1) is 0 Å². The molecule has 2 saturated carbocycles. The predicted molar refractivity (Wildman–Crippen MR) is 58.5 cm³/mol. The summed E-state index contributed by atoms with van der Waals surface area (Å²) in [4.78, 5) is 0. The quantitative estimate of drug-likeness (QED) is 0.713. The van der Waals surface area contributed by atoms with Gasteiger partial charge in [0, 0.05) is 0 Å². The molecule has 0 unspecified atom stereocenters. The van der Waals surface area contributed by atoms with E-state index in [1.165, 1.54) is 44.1 Å². The van der Waals surface area contributed by atoms with Gasteiger partial charge < -0.3 is 5.11 Å². The molecular weight excluding hydrogens is 172 g/mol. The molecule has 1 heteroatoms. The maximum absolute atomic E-state index is 8.96. The van der Waals surface area contributed by atoms with Gasteiger partial charge in [0.1, 0.15) is 5.75 Å². The first-order chi connectivity index (χ1) is 6.86. The van der Waals surface area contributed by atoms with Gasteiger partial charge in [0.15, 0.2) is 0 Å². The average Bonchev–Trinajstić information content (AvgIpc) is 2.85. The van der Waals surface area contributed by atoms with Crippen molar-refractivity contribution >= 4 is 0 Å². The van der Waals surface area contributed by atoms with Crippen molar-refractivity contribution in [2.75, 3.05) is 0 Å². The van der Waals surface area contributed by atoms with Gasteiger partial charge in [0.25, 0.3) is 0 Å². The highest BCUT2D eigenvalue weighted by molar-refractivity contribution is 5.30. The minimum atomic E-state index is 0.365. The third-order valence-electron chi connectivity index (χ3n) is 2.94. The fraction of sp³-hybridized carbons (Fsp3) is 0.538. The van der Waals surface area contributed by atoms with Crippen LogP contribution in [0.5, 0.6) is 5.75 Å². The highest BCUT2D eigenvalue weighted by atomic mass is 16.3. The summed E-state index contributed by atoms with van der Waals surface area (Å²) in [5, 5.41) is 8.96. The monoisotopic (exact) mass is 190 g/mol. The summed E-state index contributed by atoms with van der Waals surface area (Å²) in [5.74, 6) is 1.16. The standard InChI is InChI=1S/C9H10O.C4H8/c10-9-5-3-8(4-6-9)7-1-2-7;1-2-4-3-1/h3-7,10H,1-2H2;1-4H2. The Kier molecular flexibility index (Phi) is 3.07. The van der Waals surface area contributed by atoms with Gasteiger partial charge in [-0.25, -0.2) is 0 Å². The van der Waals surface area contributed by atoms with Gasteiger partial charge in [-0.2, -0.15) is 0 Å². The molecule has 0 spiro atoms. The van der Waals surface area contributed by atoms with Crippen LogP contribution in [-0.4, -0.2) is 5.11 Å². The zero-order valence-electron chi connectivity index (χ0n) is 8.58. The number of hydrogen-bond acceptors (Lipinski definition) is 1. The van der Waals surface area contributed by atoms with Crippen LogP contribution in [0.15, 0.2) is 24.3 Å². The second-order valence-electron chi connectivity index (χ2n) is 4.28. The molecule has 3 rings (SSSR count). The number of rotatable bonds is 1. The van der Waals surface area contributed by atoms with Gasteiger partial charge in [0.05, 0.1) is 0 Å². The summed E-state index contributed by atoms with van der Waals surface area (Å²) < 4.78 is 0. The molecule has 0 aliphatic heterocycles. The summed E-state index contributed by atoms with van der Waals surface area (Å²) >= 11 is 0. The zero-order valence-corrected chi connectivity index (χ0v) is 8.58. The first-order valence-corrected chi connectivity index (χ1v) is 5.65. The third kappa shape index (κ3) is 2.76. The maximum Gasteiger partial charge on any atom is 0.115 e. The summed E-state index contributed by atoms with van der Waals surface area (Å²) in [6.45, 7) is 0. The number of phenols is 1. The minimum absolute atomic E-state index is 0.365. The van der Waals surface area contributed by atoms with Crippen LogP contribution in [0.1, 0.15) is 50.0 Å². The van der Waals surface area contributed by atoms with Crippen LogP contribution >= 0.6 is 0 Å². The number of aromatic hydroxyl groups is 1. The van der Waals surface area contributed by atoms with E-state index in [1.807, 2.05) is 12.1 Å². The molecule has 2 aliphatic rings. The van der Waals surface area contributed by atoms with Crippen molar-refractivity contribution in [2.24, 2.45) is 0 Å². The molecule has 2 aliphatic carbocycles. The summed E-state index contributed by atoms with van der Waals surface area (Å²) in [6, 6.07) is 7.53. The van der Waals surface area contributed by atoms with Crippen molar-refractivity contribution in [1.29, 1.82) is 0 Å². The second-order valence-corrected chi connectivity index (χ2v) is 4.28. The van der Waals surface area contributed by atoms with E-state index >= 15 is 0 Å². The third-order valence-corrected chi connectivity index (χ3v) is 2.94. The Balaban J connectivity index is 0.000000157. The van der Waals surface area contributed by atoms with Crippen molar-refractivity contribution in [3.8, 4) is 5.75 Å². The molecule has 1 N–H and O–H groups in total. The lowest BCUT2D eigenvalue weighted by Gasteiger charge is -2.05. The van der Waals surface area contributed by atoms with Gasteiger partial charge >= 0.3 is 0 Å². The predicted octanol–water partition coefficient (Wildman–Crippen LogP) is 3.83. The first kappa shape index (κ1) is 9.57. The molecule has 14 heavy (non-hydrogen) atoms. The van der Waals surface area contributed by atoms with Gasteiger partial charge in [-0.1, -0.05) is 37.8 Å². The van der Waals surface area contributed by atoms with Crippen molar-refractivity contribution in [2.45, 2.75) is 44.4 Å². The van der Waals surface area contributed by atoms with E-state index in [-0.39, 0.29) is 0 Å². The van der Waals surface area contributed by atoms with Crippen LogP contribution in [0.2, 0.25) is 0 Å². The zero-order chi connectivity index (χ0) is 9.80. The molecule has 0 atom stereocenters. The maximum atomic E-state index is 8.96. The fourth-order valence-electron chi connectivity index (χ4n) is 1.41. The molecule has 0 heterocycles. The Bertz CT molecular complexity index is 264. The van der Waals surface area contributed by atoms with Gasteiger partial charge in [-0.3, -0.25) is 0 Å².